The zero-order valence-corrected chi connectivity index (χ0v) is 16.9. The first-order valence-corrected chi connectivity index (χ1v) is 10.6. The van der Waals surface area contributed by atoms with Crippen molar-refractivity contribution >= 4 is 5.91 Å². The summed E-state index contributed by atoms with van der Waals surface area (Å²) in [5.74, 6) is 0.196. The van der Waals surface area contributed by atoms with E-state index in [0.717, 1.165) is 11.1 Å². The van der Waals surface area contributed by atoms with Crippen molar-refractivity contribution in [1.29, 1.82) is 0 Å². The number of carbonyl (C=O) groups excluding carboxylic acids is 1. The lowest BCUT2D eigenvalue weighted by atomic mass is 9.61. The first kappa shape index (κ1) is 19.0. The van der Waals surface area contributed by atoms with Gasteiger partial charge in [-0.3, -0.25) is 4.79 Å². The summed E-state index contributed by atoms with van der Waals surface area (Å²) in [6.07, 6.45) is 1.35. The summed E-state index contributed by atoms with van der Waals surface area (Å²) >= 11 is 0. The molecule has 1 atom stereocenters. The molecular formula is C26H26N2O2. The second kappa shape index (κ2) is 7.71. The van der Waals surface area contributed by atoms with Crippen LogP contribution in [0.5, 0.6) is 0 Å². The van der Waals surface area contributed by atoms with Crippen LogP contribution < -0.4 is 0 Å². The van der Waals surface area contributed by atoms with Crippen molar-refractivity contribution in [3.8, 4) is 0 Å². The van der Waals surface area contributed by atoms with Gasteiger partial charge in [0.2, 0.25) is 5.91 Å². The standard InChI is InChI=1S/C26H26N2O2/c29-25-26(16-18-27(30)19-17-26)24(22-14-8-3-9-15-22)28(25)23(20-10-4-1-5-11-20)21-12-6-2-7-13-21/h1-15,23-24,30H,16-19H2. The van der Waals surface area contributed by atoms with Crippen molar-refractivity contribution in [2.45, 2.75) is 24.9 Å². The van der Waals surface area contributed by atoms with Gasteiger partial charge in [0.15, 0.2) is 0 Å². The quantitative estimate of drug-likeness (QED) is 0.640. The summed E-state index contributed by atoms with van der Waals surface area (Å²) < 4.78 is 0. The lowest BCUT2D eigenvalue weighted by Crippen LogP contribution is -2.66. The van der Waals surface area contributed by atoms with E-state index in [1.807, 2.05) is 54.6 Å². The summed E-state index contributed by atoms with van der Waals surface area (Å²) in [5.41, 5.74) is 2.96. The molecule has 1 amide bonds. The van der Waals surface area contributed by atoms with Gasteiger partial charge in [0.1, 0.15) is 0 Å². The Hall–Kier alpha value is -2.95. The molecule has 2 aliphatic heterocycles. The number of rotatable bonds is 4. The molecule has 2 fully saturated rings. The Morgan fingerprint density at radius 2 is 1.23 bits per heavy atom. The molecule has 4 heteroatoms. The second-order valence-electron chi connectivity index (χ2n) is 8.36. The lowest BCUT2D eigenvalue weighted by molar-refractivity contribution is -0.200. The fourth-order valence-electron chi connectivity index (χ4n) is 5.24. The number of amides is 1. The third kappa shape index (κ3) is 3.04. The highest BCUT2D eigenvalue weighted by molar-refractivity contribution is 5.91. The minimum atomic E-state index is -0.442. The average molecular weight is 399 g/mol. The average Bonchev–Trinajstić information content (AvgIpc) is 2.81. The fourth-order valence-corrected chi connectivity index (χ4v) is 5.24. The minimum Gasteiger partial charge on any atom is -0.323 e. The van der Waals surface area contributed by atoms with Gasteiger partial charge in [-0.1, -0.05) is 91.0 Å². The Balaban J connectivity index is 1.62. The van der Waals surface area contributed by atoms with Crippen molar-refractivity contribution in [2.75, 3.05) is 13.1 Å². The minimum absolute atomic E-state index is 0.00897. The van der Waals surface area contributed by atoms with E-state index in [2.05, 4.69) is 41.3 Å². The molecule has 2 heterocycles. The summed E-state index contributed by atoms with van der Waals surface area (Å²) in [7, 11) is 0. The first-order chi connectivity index (χ1) is 14.7. The molecule has 152 valence electrons. The van der Waals surface area contributed by atoms with Gasteiger partial charge in [-0.2, -0.15) is 5.06 Å². The molecular weight excluding hydrogens is 372 g/mol. The molecule has 0 bridgehead atoms. The zero-order chi connectivity index (χ0) is 20.6. The number of benzene rings is 3. The predicted molar refractivity (Wildman–Crippen MR) is 116 cm³/mol. The number of nitrogens with zero attached hydrogens (tertiary/aromatic N) is 2. The van der Waals surface area contributed by atoms with E-state index in [1.165, 1.54) is 10.6 Å². The Kier molecular flexibility index (Phi) is 4.89. The molecule has 30 heavy (non-hydrogen) atoms. The van der Waals surface area contributed by atoms with Crippen LogP contribution in [0.25, 0.3) is 0 Å². The molecule has 3 aromatic rings. The predicted octanol–water partition coefficient (Wildman–Crippen LogP) is 4.83. The normalized spacial score (nSPS) is 21.1. The van der Waals surface area contributed by atoms with Gasteiger partial charge in [0, 0.05) is 13.1 Å². The van der Waals surface area contributed by atoms with E-state index in [0.29, 0.717) is 25.9 Å². The van der Waals surface area contributed by atoms with Crippen LogP contribution in [0, 0.1) is 5.41 Å². The highest BCUT2D eigenvalue weighted by Gasteiger charge is 2.63. The maximum absolute atomic E-state index is 13.8. The van der Waals surface area contributed by atoms with E-state index in [9.17, 15) is 10.0 Å². The molecule has 5 rings (SSSR count). The highest BCUT2D eigenvalue weighted by atomic mass is 16.5. The number of hydroxylamine groups is 2. The molecule has 2 saturated heterocycles. The third-order valence-corrected chi connectivity index (χ3v) is 6.72. The summed E-state index contributed by atoms with van der Waals surface area (Å²) in [6, 6.07) is 30.8. The van der Waals surface area contributed by atoms with Gasteiger partial charge >= 0.3 is 0 Å². The number of carbonyl (C=O) groups is 1. The van der Waals surface area contributed by atoms with E-state index < -0.39 is 5.41 Å². The maximum atomic E-state index is 13.8. The van der Waals surface area contributed by atoms with Gasteiger partial charge in [0.05, 0.1) is 17.5 Å². The van der Waals surface area contributed by atoms with Crippen LogP contribution in [0.4, 0.5) is 0 Å². The molecule has 1 unspecified atom stereocenters. The van der Waals surface area contributed by atoms with E-state index >= 15 is 0 Å². The first-order valence-electron chi connectivity index (χ1n) is 10.6. The molecule has 3 aromatic carbocycles. The van der Waals surface area contributed by atoms with Gasteiger partial charge in [-0.25, -0.2) is 0 Å². The number of hydrogen-bond acceptors (Lipinski definition) is 3. The second-order valence-corrected chi connectivity index (χ2v) is 8.36. The van der Waals surface area contributed by atoms with Crippen molar-refractivity contribution in [3.63, 3.8) is 0 Å². The monoisotopic (exact) mass is 398 g/mol. The van der Waals surface area contributed by atoms with E-state index in [-0.39, 0.29) is 18.0 Å². The fraction of sp³-hybridized carbons (Fsp3) is 0.269. The van der Waals surface area contributed by atoms with Crippen LogP contribution in [-0.4, -0.2) is 34.2 Å². The molecule has 1 N–H and O–H groups in total. The zero-order valence-electron chi connectivity index (χ0n) is 16.9. The van der Waals surface area contributed by atoms with Crippen molar-refractivity contribution < 1.29 is 10.0 Å². The van der Waals surface area contributed by atoms with Crippen molar-refractivity contribution in [2.24, 2.45) is 5.41 Å². The number of likely N-dealkylation sites (tertiary alicyclic amines) is 1. The Bertz CT molecular complexity index is 959. The van der Waals surface area contributed by atoms with Crippen molar-refractivity contribution in [1.82, 2.24) is 9.96 Å². The number of hydrogen-bond donors (Lipinski definition) is 1. The lowest BCUT2D eigenvalue weighted by Gasteiger charge is -2.61. The largest absolute Gasteiger partial charge is 0.323 e. The molecule has 0 saturated carbocycles. The Labute approximate surface area is 177 Å². The third-order valence-electron chi connectivity index (χ3n) is 6.72. The van der Waals surface area contributed by atoms with Gasteiger partial charge in [0.25, 0.3) is 0 Å². The topological polar surface area (TPSA) is 43.8 Å². The van der Waals surface area contributed by atoms with Crippen LogP contribution in [0.3, 0.4) is 0 Å². The van der Waals surface area contributed by atoms with E-state index in [4.69, 9.17) is 0 Å². The van der Waals surface area contributed by atoms with Crippen LogP contribution in [-0.2, 0) is 4.79 Å². The number of piperidine rings is 1. The molecule has 2 aliphatic rings. The van der Waals surface area contributed by atoms with Crippen LogP contribution in [0.15, 0.2) is 91.0 Å². The SMILES string of the molecule is O=C1N(C(c2ccccc2)c2ccccc2)C(c2ccccc2)C12CCN(O)CC2. The Morgan fingerprint density at radius 1 is 0.767 bits per heavy atom. The summed E-state index contributed by atoms with van der Waals surface area (Å²) in [6.45, 7) is 1.06. The van der Waals surface area contributed by atoms with Gasteiger partial charge in [-0.15, -0.1) is 0 Å². The number of β-lactam (4-membered cyclic amide) rings is 1. The molecule has 1 spiro atoms. The maximum Gasteiger partial charge on any atom is 0.232 e. The van der Waals surface area contributed by atoms with Crippen LogP contribution in [0.1, 0.15) is 41.6 Å². The molecule has 0 aliphatic carbocycles. The van der Waals surface area contributed by atoms with Crippen LogP contribution >= 0.6 is 0 Å². The van der Waals surface area contributed by atoms with Gasteiger partial charge < -0.3 is 10.1 Å². The van der Waals surface area contributed by atoms with Crippen molar-refractivity contribution in [3.05, 3.63) is 108 Å². The summed E-state index contributed by atoms with van der Waals surface area (Å²) in [5, 5.41) is 11.3. The van der Waals surface area contributed by atoms with Gasteiger partial charge in [-0.05, 0) is 29.5 Å². The highest BCUT2D eigenvalue weighted by Crippen LogP contribution is 2.59. The smallest absolute Gasteiger partial charge is 0.232 e. The van der Waals surface area contributed by atoms with E-state index in [1.54, 1.807) is 0 Å². The molecule has 0 aromatic heterocycles. The summed E-state index contributed by atoms with van der Waals surface area (Å²) in [4.78, 5) is 15.9. The molecule has 4 nitrogen and oxygen atoms in total. The van der Waals surface area contributed by atoms with Crippen LogP contribution in [0.2, 0.25) is 0 Å². The molecule has 0 radical (unpaired) electrons. The Morgan fingerprint density at radius 3 is 1.73 bits per heavy atom.